The third-order valence-corrected chi connectivity index (χ3v) is 2.67. The number of aromatic nitrogens is 3. The summed E-state index contributed by atoms with van der Waals surface area (Å²) in [6.45, 7) is 2.27. The van der Waals surface area contributed by atoms with Crippen LogP contribution in [0.1, 0.15) is 18.7 Å². The average Bonchev–Trinajstić information content (AvgIpc) is 3.02. The lowest BCUT2D eigenvalue weighted by Crippen LogP contribution is -2.30. The van der Waals surface area contributed by atoms with Crippen LogP contribution in [-0.2, 0) is 18.3 Å². The topological polar surface area (TPSA) is 72.2 Å². The van der Waals surface area contributed by atoms with Crippen molar-refractivity contribution >= 4 is 0 Å². The van der Waals surface area contributed by atoms with Crippen molar-refractivity contribution in [2.45, 2.75) is 25.5 Å². The van der Waals surface area contributed by atoms with Gasteiger partial charge in [-0.05, 0) is 18.8 Å². The van der Waals surface area contributed by atoms with Crippen molar-refractivity contribution in [3.05, 3.63) is 12.2 Å². The maximum Gasteiger partial charge on any atom is 0.164 e. The molecule has 0 spiro atoms. The lowest BCUT2D eigenvalue weighted by molar-refractivity contribution is 0.0323. The molecule has 0 bridgehead atoms. The van der Waals surface area contributed by atoms with Gasteiger partial charge >= 0.3 is 0 Å². The van der Waals surface area contributed by atoms with Gasteiger partial charge < -0.3 is 15.2 Å². The van der Waals surface area contributed by atoms with Gasteiger partial charge in [0, 0.05) is 20.2 Å². The van der Waals surface area contributed by atoms with E-state index in [1.807, 2.05) is 7.05 Å². The fourth-order valence-corrected chi connectivity index (χ4v) is 1.53. The second kappa shape index (κ2) is 6.09. The van der Waals surface area contributed by atoms with Crippen LogP contribution in [0.5, 0.6) is 0 Å². The zero-order chi connectivity index (χ0) is 12.1. The molecule has 0 radical (unpaired) electrons. The molecule has 6 nitrogen and oxygen atoms in total. The van der Waals surface area contributed by atoms with E-state index in [4.69, 9.17) is 4.74 Å². The Bertz CT molecular complexity index is 338. The minimum Gasteiger partial charge on any atom is -0.389 e. The van der Waals surface area contributed by atoms with E-state index in [0.717, 1.165) is 18.3 Å². The smallest absolute Gasteiger partial charge is 0.164 e. The fraction of sp³-hybridized carbons (Fsp3) is 0.818. The van der Waals surface area contributed by atoms with Gasteiger partial charge in [0.05, 0.1) is 19.3 Å². The summed E-state index contributed by atoms with van der Waals surface area (Å²) in [5.41, 5.74) is 0. The highest BCUT2D eigenvalue weighted by molar-refractivity contribution is 4.80. The molecule has 1 aliphatic carbocycles. The Hall–Kier alpha value is -0.980. The highest BCUT2D eigenvalue weighted by Crippen LogP contribution is 2.28. The van der Waals surface area contributed by atoms with Gasteiger partial charge in [-0.3, -0.25) is 4.68 Å². The molecule has 2 N–H and O–H groups in total. The van der Waals surface area contributed by atoms with E-state index in [1.165, 1.54) is 12.8 Å². The number of nitrogens with zero attached hydrogens (tertiary/aromatic N) is 3. The molecule has 6 heteroatoms. The van der Waals surface area contributed by atoms with Crippen LogP contribution in [0.25, 0.3) is 0 Å². The highest BCUT2D eigenvalue weighted by Gasteiger charge is 2.21. The molecule has 0 saturated heterocycles. The molecule has 2 rings (SSSR count). The van der Waals surface area contributed by atoms with Gasteiger partial charge in [0.25, 0.3) is 0 Å². The molecule has 1 unspecified atom stereocenters. The molecule has 1 atom stereocenters. The van der Waals surface area contributed by atoms with Crippen molar-refractivity contribution in [1.29, 1.82) is 0 Å². The van der Waals surface area contributed by atoms with Crippen LogP contribution in [0.2, 0.25) is 0 Å². The molecule has 1 heterocycles. The second-order valence-electron chi connectivity index (χ2n) is 4.60. The Morgan fingerprint density at radius 3 is 3.12 bits per heavy atom. The fourth-order valence-electron chi connectivity index (χ4n) is 1.53. The van der Waals surface area contributed by atoms with Gasteiger partial charge in [-0.25, -0.2) is 4.98 Å². The van der Waals surface area contributed by atoms with Crippen LogP contribution < -0.4 is 5.32 Å². The number of hydrogen-bond donors (Lipinski definition) is 2. The lowest BCUT2D eigenvalue weighted by Gasteiger charge is -2.11. The second-order valence-corrected chi connectivity index (χ2v) is 4.60. The molecule has 1 aromatic heterocycles. The lowest BCUT2D eigenvalue weighted by atomic mass is 10.3. The van der Waals surface area contributed by atoms with E-state index in [0.29, 0.717) is 19.7 Å². The van der Waals surface area contributed by atoms with Crippen LogP contribution in [-0.4, -0.2) is 45.7 Å². The number of aryl methyl sites for hydroxylation is 1. The summed E-state index contributed by atoms with van der Waals surface area (Å²) in [5, 5.41) is 16.9. The Balaban J connectivity index is 1.51. The van der Waals surface area contributed by atoms with Crippen molar-refractivity contribution in [2.24, 2.45) is 13.0 Å². The van der Waals surface area contributed by atoms with E-state index < -0.39 is 6.10 Å². The van der Waals surface area contributed by atoms with E-state index in [2.05, 4.69) is 15.4 Å². The maximum atomic E-state index is 9.63. The Morgan fingerprint density at radius 2 is 2.47 bits per heavy atom. The number of hydrogen-bond acceptors (Lipinski definition) is 5. The normalized spacial score (nSPS) is 17.3. The summed E-state index contributed by atoms with van der Waals surface area (Å²) in [6.07, 6.45) is 3.75. The van der Waals surface area contributed by atoms with Crippen LogP contribution in [0, 0.1) is 5.92 Å². The quantitative estimate of drug-likeness (QED) is 0.652. The predicted octanol–water partition coefficient (Wildman–Crippen LogP) is -0.308. The number of ether oxygens (including phenoxy) is 1. The first-order valence-corrected chi connectivity index (χ1v) is 6.05. The molecular formula is C11H20N4O2. The molecule has 1 aromatic rings. The van der Waals surface area contributed by atoms with Gasteiger partial charge in [-0.2, -0.15) is 5.10 Å². The number of nitrogens with one attached hydrogen (secondary N) is 1. The Morgan fingerprint density at radius 1 is 1.65 bits per heavy atom. The summed E-state index contributed by atoms with van der Waals surface area (Å²) in [6, 6.07) is 0. The first-order chi connectivity index (χ1) is 8.24. The first-order valence-electron chi connectivity index (χ1n) is 6.05. The van der Waals surface area contributed by atoms with E-state index in [1.54, 1.807) is 11.0 Å². The van der Waals surface area contributed by atoms with Gasteiger partial charge in [0.1, 0.15) is 6.33 Å². The van der Waals surface area contributed by atoms with Crippen LogP contribution in [0.15, 0.2) is 6.33 Å². The van der Waals surface area contributed by atoms with Gasteiger partial charge in [-0.15, -0.1) is 0 Å². The van der Waals surface area contributed by atoms with Gasteiger partial charge in [0.15, 0.2) is 5.82 Å². The SMILES string of the molecule is Cn1cnc(CNCC(O)COCC2CC2)n1. The molecule has 0 aliphatic heterocycles. The first kappa shape index (κ1) is 12.5. The molecule has 1 fully saturated rings. The Labute approximate surface area is 101 Å². The molecule has 0 amide bonds. The summed E-state index contributed by atoms with van der Waals surface area (Å²) < 4.78 is 7.06. The van der Waals surface area contributed by atoms with Crippen molar-refractivity contribution < 1.29 is 9.84 Å². The van der Waals surface area contributed by atoms with Crippen molar-refractivity contribution in [3.8, 4) is 0 Å². The zero-order valence-electron chi connectivity index (χ0n) is 10.2. The zero-order valence-corrected chi connectivity index (χ0v) is 10.2. The van der Waals surface area contributed by atoms with Crippen molar-refractivity contribution in [1.82, 2.24) is 20.1 Å². The monoisotopic (exact) mass is 240 g/mol. The van der Waals surface area contributed by atoms with E-state index >= 15 is 0 Å². The number of rotatable bonds is 8. The standard InChI is InChI=1S/C11H20N4O2/c1-15-8-13-11(14-15)5-12-4-10(16)7-17-6-9-2-3-9/h8-10,12,16H,2-7H2,1H3. The third kappa shape index (κ3) is 4.80. The molecule has 0 aromatic carbocycles. The summed E-state index contributed by atoms with van der Waals surface area (Å²) in [5.74, 6) is 1.48. The molecule has 96 valence electrons. The van der Waals surface area contributed by atoms with Crippen LogP contribution in [0.3, 0.4) is 0 Å². The molecule has 17 heavy (non-hydrogen) atoms. The summed E-state index contributed by atoms with van der Waals surface area (Å²) >= 11 is 0. The van der Waals surface area contributed by atoms with Gasteiger partial charge in [-0.1, -0.05) is 0 Å². The largest absolute Gasteiger partial charge is 0.389 e. The molecule has 1 aliphatic rings. The predicted molar refractivity (Wildman–Crippen MR) is 62.3 cm³/mol. The maximum absolute atomic E-state index is 9.63. The Kier molecular flexibility index (Phi) is 4.47. The average molecular weight is 240 g/mol. The molecule has 1 saturated carbocycles. The van der Waals surface area contributed by atoms with Gasteiger partial charge in [0.2, 0.25) is 0 Å². The van der Waals surface area contributed by atoms with Crippen LogP contribution in [0.4, 0.5) is 0 Å². The number of aliphatic hydroxyl groups is 1. The van der Waals surface area contributed by atoms with Crippen LogP contribution >= 0.6 is 0 Å². The third-order valence-electron chi connectivity index (χ3n) is 2.67. The van der Waals surface area contributed by atoms with E-state index in [-0.39, 0.29) is 0 Å². The van der Waals surface area contributed by atoms with E-state index in [9.17, 15) is 5.11 Å². The number of aliphatic hydroxyl groups excluding tert-OH is 1. The minimum absolute atomic E-state index is 0.402. The minimum atomic E-state index is -0.461. The van der Waals surface area contributed by atoms with Crippen molar-refractivity contribution in [2.75, 3.05) is 19.8 Å². The molecular weight excluding hydrogens is 220 g/mol. The summed E-state index contributed by atoms with van der Waals surface area (Å²) in [4.78, 5) is 4.08. The van der Waals surface area contributed by atoms with Crippen molar-refractivity contribution in [3.63, 3.8) is 0 Å². The summed E-state index contributed by atoms with van der Waals surface area (Å²) in [7, 11) is 1.83. The highest BCUT2D eigenvalue weighted by atomic mass is 16.5.